The van der Waals surface area contributed by atoms with Crippen molar-refractivity contribution in [3.05, 3.63) is 23.6 Å². The standard InChI is InChI=1S/C8H10FNO4S/c1-13-8-6(3-4-7(9)10-8)5-14-15(2,11)12/h3-4H,5H2,1-2H3. The average Bonchev–Trinajstić information content (AvgIpc) is 2.14. The zero-order valence-electron chi connectivity index (χ0n) is 8.23. The molecule has 0 aromatic carbocycles. The van der Waals surface area contributed by atoms with Crippen LogP contribution in [-0.2, 0) is 20.9 Å². The Hall–Kier alpha value is -1.21. The van der Waals surface area contributed by atoms with E-state index in [4.69, 9.17) is 4.74 Å². The van der Waals surface area contributed by atoms with Crippen LogP contribution < -0.4 is 4.74 Å². The molecule has 0 unspecified atom stereocenters. The highest BCUT2D eigenvalue weighted by atomic mass is 32.2. The van der Waals surface area contributed by atoms with Crippen molar-refractivity contribution in [3.8, 4) is 5.88 Å². The van der Waals surface area contributed by atoms with Crippen LogP contribution in [0.5, 0.6) is 5.88 Å². The summed E-state index contributed by atoms with van der Waals surface area (Å²) < 4.78 is 43.4. The van der Waals surface area contributed by atoms with E-state index in [-0.39, 0.29) is 12.5 Å². The third-order valence-electron chi connectivity index (χ3n) is 1.53. The summed E-state index contributed by atoms with van der Waals surface area (Å²) in [7, 11) is -2.22. The fourth-order valence-electron chi connectivity index (χ4n) is 0.904. The maximum absolute atomic E-state index is 12.7. The third kappa shape index (κ3) is 3.80. The Morgan fingerprint density at radius 3 is 2.67 bits per heavy atom. The van der Waals surface area contributed by atoms with Crippen LogP contribution in [-0.4, -0.2) is 26.8 Å². The lowest BCUT2D eigenvalue weighted by atomic mass is 10.3. The molecule has 1 aromatic heterocycles. The van der Waals surface area contributed by atoms with Gasteiger partial charge in [-0.15, -0.1) is 0 Å². The molecule has 0 amide bonds. The van der Waals surface area contributed by atoms with Gasteiger partial charge in [-0.1, -0.05) is 0 Å². The Kier molecular flexibility index (Phi) is 3.59. The molecule has 1 rings (SSSR count). The number of rotatable bonds is 4. The zero-order valence-corrected chi connectivity index (χ0v) is 9.04. The molecule has 0 fully saturated rings. The normalized spacial score (nSPS) is 11.4. The monoisotopic (exact) mass is 235 g/mol. The molecule has 0 aliphatic carbocycles. The van der Waals surface area contributed by atoms with E-state index in [2.05, 4.69) is 9.17 Å². The largest absolute Gasteiger partial charge is 0.481 e. The van der Waals surface area contributed by atoms with Crippen LogP contribution in [0, 0.1) is 5.95 Å². The number of pyridine rings is 1. The summed E-state index contributed by atoms with van der Waals surface area (Å²) in [5.74, 6) is -0.686. The van der Waals surface area contributed by atoms with Crippen molar-refractivity contribution in [1.29, 1.82) is 0 Å². The Morgan fingerprint density at radius 2 is 2.13 bits per heavy atom. The van der Waals surface area contributed by atoms with Gasteiger partial charge in [0.05, 0.1) is 20.0 Å². The lowest BCUT2D eigenvalue weighted by Gasteiger charge is -2.06. The van der Waals surface area contributed by atoms with Gasteiger partial charge < -0.3 is 4.74 Å². The van der Waals surface area contributed by atoms with Crippen molar-refractivity contribution < 1.29 is 21.7 Å². The van der Waals surface area contributed by atoms with Gasteiger partial charge in [-0.2, -0.15) is 17.8 Å². The SMILES string of the molecule is COc1nc(F)ccc1COS(C)(=O)=O. The molecular formula is C8H10FNO4S. The van der Waals surface area contributed by atoms with E-state index in [1.165, 1.54) is 13.2 Å². The van der Waals surface area contributed by atoms with Crippen LogP contribution in [0.1, 0.15) is 5.56 Å². The molecule has 7 heteroatoms. The summed E-state index contributed by atoms with van der Waals surface area (Å²) in [6, 6.07) is 2.45. The second-order valence-corrected chi connectivity index (χ2v) is 4.41. The van der Waals surface area contributed by atoms with E-state index < -0.39 is 16.1 Å². The second-order valence-electron chi connectivity index (χ2n) is 2.77. The maximum atomic E-state index is 12.7. The van der Waals surface area contributed by atoms with Crippen LogP contribution in [0.4, 0.5) is 4.39 Å². The number of aromatic nitrogens is 1. The summed E-state index contributed by atoms with van der Waals surface area (Å²) in [6.45, 7) is -0.227. The minimum atomic E-state index is -3.53. The zero-order chi connectivity index (χ0) is 11.5. The predicted molar refractivity (Wildman–Crippen MR) is 50.4 cm³/mol. The summed E-state index contributed by atoms with van der Waals surface area (Å²) in [6.07, 6.45) is 0.927. The molecule has 0 saturated carbocycles. The topological polar surface area (TPSA) is 65.5 Å². The molecule has 0 N–H and O–H groups in total. The van der Waals surface area contributed by atoms with Crippen LogP contribution in [0.15, 0.2) is 12.1 Å². The fraction of sp³-hybridized carbons (Fsp3) is 0.375. The summed E-state index contributed by atoms with van der Waals surface area (Å²) in [5.41, 5.74) is 0.365. The molecule has 1 aromatic rings. The van der Waals surface area contributed by atoms with E-state index in [9.17, 15) is 12.8 Å². The molecule has 0 saturated heterocycles. The van der Waals surface area contributed by atoms with E-state index in [1.807, 2.05) is 0 Å². The van der Waals surface area contributed by atoms with Gasteiger partial charge in [0.25, 0.3) is 10.1 Å². The van der Waals surface area contributed by atoms with Crippen molar-refractivity contribution >= 4 is 10.1 Å². The Bertz CT molecular complexity index is 446. The number of methoxy groups -OCH3 is 1. The van der Waals surface area contributed by atoms with Crippen LogP contribution in [0.25, 0.3) is 0 Å². The molecule has 5 nitrogen and oxygen atoms in total. The molecule has 0 bridgehead atoms. The van der Waals surface area contributed by atoms with Gasteiger partial charge in [-0.05, 0) is 12.1 Å². The van der Waals surface area contributed by atoms with Crippen molar-refractivity contribution in [2.45, 2.75) is 6.61 Å². The van der Waals surface area contributed by atoms with Gasteiger partial charge in [0, 0.05) is 5.56 Å². The van der Waals surface area contributed by atoms with Gasteiger partial charge in [-0.25, -0.2) is 0 Å². The van der Waals surface area contributed by atoms with E-state index in [1.54, 1.807) is 0 Å². The number of ether oxygens (including phenoxy) is 1. The molecule has 0 aliphatic rings. The minimum absolute atomic E-state index is 0.0126. The van der Waals surface area contributed by atoms with Gasteiger partial charge in [0.1, 0.15) is 0 Å². The Morgan fingerprint density at radius 1 is 1.47 bits per heavy atom. The first kappa shape index (κ1) is 11.9. The smallest absolute Gasteiger partial charge is 0.264 e. The van der Waals surface area contributed by atoms with Crippen LogP contribution in [0.2, 0.25) is 0 Å². The van der Waals surface area contributed by atoms with Crippen molar-refractivity contribution in [3.63, 3.8) is 0 Å². The van der Waals surface area contributed by atoms with Gasteiger partial charge in [0.2, 0.25) is 11.8 Å². The van der Waals surface area contributed by atoms with Crippen LogP contribution >= 0.6 is 0 Å². The molecule has 15 heavy (non-hydrogen) atoms. The van der Waals surface area contributed by atoms with Crippen molar-refractivity contribution in [1.82, 2.24) is 4.98 Å². The van der Waals surface area contributed by atoms with E-state index >= 15 is 0 Å². The quantitative estimate of drug-likeness (QED) is 0.568. The third-order valence-corrected chi connectivity index (χ3v) is 2.07. The molecular weight excluding hydrogens is 225 g/mol. The first-order valence-corrected chi connectivity index (χ1v) is 5.78. The van der Waals surface area contributed by atoms with Gasteiger partial charge in [-0.3, -0.25) is 4.18 Å². The number of hydrogen-bond donors (Lipinski definition) is 0. The summed E-state index contributed by atoms with van der Waals surface area (Å²) in [4.78, 5) is 3.43. The predicted octanol–water partition coefficient (Wildman–Crippen LogP) is 0.706. The van der Waals surface area contributed by atoms with E-state index in [0.29, 0.717) is 5.56 Å². The number of hydrogen-bond acceptors (Lipinski definition) is 5. The van der Waals surface area contributed by atoms with Crippen molar-refractivity contribution in [2.75, 3.05) is 13.4 Å². The highest BCUT2D eigenvalue weighted by molar-refractivity contribution is 7.85. The molecule has 0 radical (unpaired) electrons. The lowest BCUT2D eigenvalue weighted by molar-refractivity contribution is 0.298. The summed E-state index contributed by atoms with van der Waals surface area (Å²) in [5, 5.41) is 0. The average molecular weight is 235 g/mol. The number of halogens is 1. The fourth-order valence-corrected chi connectivity index (χ4v) is 1.24. The van der Waals surface area contributed by atoms with Gasteiger partial charge in [0.15, 0.2) is 0 Å². The summed E-state index contributed by atoms with van der Waals surface area (Å²) >= 11 is 0. The molecule has 1 heterocycles. The molecule has 84 valence electrons. The highest BCUT2D eigenvalue weighted by Crippen LogP contribution is 2.16. The lowest BCUT2D eigenvalue weighted by Crippen LogP contribution is -2.05. The highest BCUT2D eigenvalue weighted by Gasteiger charge is 2.09. The molecule has 0 spiro atoms. The Labute approximate surface area is 87.0 Å². The Balaban J connectivity index is 2.85. The molecule has 0 atom stereocenters. The second kappa shape index (κ2) is 4.54. The van der Waals surface area contributed by atoms with E-state index in [0.717, 1.165) is 12.3 Å². The van der Waals surface area contributed by atoms with Crippen LogP contribution in [0.3, 0.4) is 0 Å². The van der Waals surface area contributed by atoms with Gasteiger partial charge >= 0.3 is 0 Å². The van der Waals surface area contributed by atoms with Crippen molar-refractivity contribution in [2.24, 2.45) is 0 Å². The number of nitrogens with zero attached hydrogens (tertiary/aromatic N) is 1. The maximum Gasteiger partial charge on any atom is 0.264 e. The first-order chi connectivity index (χ1) is 6.92. The first-order valence-electron chi connectivity index (χ1n) is 3.96. The minimum Gasteiger partial charge on any atom is -0.481 e. The molecule has 0 aliphatic heterocycles.